The van der Waals surface area contributed by atoms with Crippen LogP contribution in [0.4, 0.5) is 0 Å². The van der Waals surface area contributed by atoms with Crippen molar-refractivity contribution in [3.8, 4) is 0 Å². The van der Waals surface area contributed by atoms with Crippen molar-refractivity contribution in [2.75, 3.05) is 13.1 Å². The molecule has 19 heavy (non-hydrogen) atoms. The van der Waals surface area contributed by atoms with Gasteiger partial charge in [-0.3, -0.25) is 0 Å². The van der Waals surface area contributed by atoms with E-state index in [2.05, 4.69) is 51.5 Å². The highest BCUT2D eigenvalue weighted by Crippen LogP contribution is 2.16. The Kier molecular flexibility index (Phi) is 5.95. The van der Waals surface area contributed by atoms with Crippen LogP contribution in [0.1, 0.15) is 31.7 Å². The van der Waals surface area contributed by atoms with E-state index in [-0.39, 0.29) is 0 Å². The van der Waals surface area contributed by atoms with Gasteiger partial charge in [0.05, 0.1) is 6.54 Å². The van der Waals surface area contributed by atoms with Crippen molar-refractivity contribution in [1.82, 2.24) is 10.6 Å². The van der Waals surface area contributed by atoms with Gasteiger partial charge in [0.2, 0.25) is 0 Å². The molecule has 2 N–H and O–H groups in total. The molecule has 1 aromatic heterocycles. The molecule has 3 nitrogen and oxygen atoms in total. The van der Waals surface area contributed by atoms with Crippen LogP contribution >= 0.6 is 11.3 Å². The molecule has 0 amide bonds. The van der Waals surface area contributed by atoms with Crippen LogP contribution in [0, 0.1) is 5.92 Å². The van der Waals surface area contributed by atoms with Gasteiger partial charge in [0.1, 0.15) is 0 Å². The van der Waals surface area contributed by atoms with Crippen LogP contribution in [0.25, 0.3) is 0 Å². The van der Waals surface area contributed by atoms with Gasteiger partial charge in [-0.1, -0.05) is 12.2 Å². The van der Waals surface area contributed by atoms with E-state index >= 15 is 0 Å². The number of hydrogen-bond acceptors (Lipinski definition) is 2. The van der Waals surface area contributed by atoms with Crippen LogP contribution in [-0.4, -0.2) is 19.0 Å². The fourth-order valence-electron chi connectivity index (χ4n) is 2.18. The average molecular weight is 277 g/mol. The molecule has 1 aliphatic carbocycles. The topological polar surface area (TPSA) is 36.4 Å². The van der Waals surface area contributed by atoms with Crippen molar-refractivity contribution in [2.45, 2.75) is 32.7 Å². The summed E-state index contributed by atoms with van der Waals surface area (Å²) in [5.74, 6) is 1.68. The number of nitrogens with zero attached hydrogens (tertiary/aromatic N) is 1. The van der Waals surface area contributed by atoms with Gasteiger partial charge < -0.3 is 10.6 Å². The molecular formula is C15H23N3S. The molecule has 0 fully saturated rings. The molecule has 0 radical (unpaired) electrons. The summed E-state index contributed by atoms with van der Waals surface area (Å²) in [5, 5.41) is 11.0. The summed E-state index contributed by atoms with van der Waals surface area (Å²) in [6.45, 7) is 4.77. The predicted molar refractivity (Wildman–Crippen MR) is 83.6 cm³/mol. The monoisotopic (exact) mass is 277 g/mol. The van der Waals surface area contributed by atoms with Gasteiger partial charge in [0.25, 0.3) is 0 Å². The van der Waals surface area contributed by atoms with Gasteiger partial charge in [-0.15, -0.1) is 0 Å². The SMILES string of the molecule is CCNC(=NCc1ccsc1)NCC1CC=CCC1. The Morgan fingerprint density at radius 1 is 1.42 bits per heavy atom. The minimum Gasteiger partial charge on any atom is -0.357 e. The summed E-state index contributed by atoms with van der Waals surface area (Å²) in [6, 6.07) is 2.13. The molecule has 4 heteroatoms. The molecule has 0 aromatic carbocycles. The molecule has 1 aromatic rings. The Morgan fingerprint density at radius 3 is 3.05 bits per heavy atom. The maximum Gasteiger partial charge on any atom is 0.191 e. The fourth-order valence-corrected chi connectivity index (χ4v) is 2.84. The largest absolute Gasteiger partial charge is 0.357 e. The first kappa shape index (κ1) is 14.1. The van der Waals surface area contributed by atoms with Crippen LogP contribution in [0.15, 0.2) is 34.0 Å². The number of rotatable bonds is 5. The Morgan fingerprint density at radius 2 is 2.37 bits per heavy atom. The lowest BCUT2D eigenvalue weighted by molar-refractivity contribution is 0.469. The number of aliphatic imine (C=N–C) groups is 1. The van der Waals surface area contributed by atoms with Crippen molar-refractivity contribution in [2.24, 2.45) is 10.9 Å². The zero-order valence-corrected chi connectivity index (χ0v) is 12.4. The van der Waals surface area contributed by atoms with Gasteiger partial charge in [-0.2, -0.15) is 11.3 Å². The van der Waals surface area contributed by atoms with Gasteiger partial charge >= 0.3 is 0 Å². The predicted octanol–water partition coefficient (Wildman–Crippen LogP) is 3.16. The van der Waals surface area contributed by atoms with Crippen LogP contribution < -0.4 is 10.6 Å². The first-order valence-corrected chi connectivity index (χ1v) is 8.01. The second-order valence-electron chi connectivity index (χ2n) is 4.86. The van der Waals surface area contributed by atoms with Gasteiger partial charge in [-0.05, 0) is 54.5 Å². The number of nitrogens with one attached hydrogen (secondary N) is 2. The van der Waals surface area contributed by atoms with Crippen molar-refractivity contribution < 1.29 is 0 Å². The zero-order chi connectivity index (χ0) is 13.3. The Hall–Kier alpha value is -1.29. The van der Waals surface area contributed by atoms with E-state index in [1.807, 2.05) is 0 Å². The summed E-state index contributed by atoms with van der Waals surface area (Å²) in [5.41, 5.74) is 1.28. The lowest BCUT2D eigenvalue weighted by atomic mass is 9.94. The van der Waals surface area contributed by atoms with E-state index in [1.165, 1.54) is 24.8 Å². The summed E-state index contributed by atoms with van der Waals surface area (Å²) >= 11 is 1.72. The minimum atomic E-state index is 0.745. The van der Waals surface area contributed by atoms with E-state index in [9.17, 15) is 0 Å². The third-order valence-corrected chi connectivity index (χ3v) is 4.01. The van der Waals surface area contributed by atoms with Gasteiger partial charge in [0.15, 0.2) is 5.96 Å². The second-order valence-corrected chi connectivity index (χ2v) is 5.64. The van der Waals surface area contributed by atoms with E-state index in [0.717, 1.165) is 31.5 Å². The van der Waals surface area contributed by atoms with Crippen molar-refractivity contribution in [1.29, 1.82) is 0 Å². The number of allylic oxidation sites excluding steroid dienone is 2. The molecule has 0 aliphatic heterocycles. The first-order valence-electron chi connectivity index (χ1n) is 7.06. The van der Waals surface area contributed by atoms with Crippen LogP contribution in [0.5, 0.6) is 0 Å². The molecule has 1 heterocycles. The second kappa shape index (κ2) is 8.00. The Labute approximate surface area is 119 Å². The molecular weight excluding hydrogens is 254 g/mol. The molecule has 0 spiro atoms. The molecule has 0 saturated carbocycles. The van der Waals surface area contributed by atoms with E-state index in [1.54, 1.807) is 11.3 Å². The average Bonchev–Trinajstić information content (AvgIpc) is 2.96. The number of thiophene rings is 1. The molecule has 104 valence electrons. The normalized spacial score (nSPS) is 19.4. The maximum atomic E-state index is 4.62. The highest BCUT2D eigenvalue weighted by Gasteiger charge is 2.10. The fraction of sp³-hybridized carbons (Fsp3) is 0.533. The standard InChI is InChI=1S/C15H23N3S/c1-2-16-15(18-11-14-8-9-19-12-14)17-10-13-6-4-3-5-7-13/h3-4,8-9,12-13H,2,5-7,10-11H2,1H3,(H2,16,17,18). The first-order chi connectivity index (χ1) is 9.38. The third-order valence-electron chi connectivity index (χ3n) is 3.28. The summed E-state index contributed by atoms with van der Waals surface area (Å²) in [6.07, 6.45) is 8.27. The van der Waals surface area contributed by atoms with Crippen LogP contribution in [0.2, 0.25) is 0 Å². The highest BCUT2D eigenvalue weighted by molar-refractivity contribution is 7.07. The Bertz CT molecular complexity index is 409. The zero-order valence-electron chi connectivity index (χ0n) is 11.6. The van der Waals surface area contributed by atoms with Crippen molar-refractivity contribution in [3.63, 3.8) is 0 Å². The summed E-state index contributed by atoms with van der Waals surface area (Å²) < 4.78 is 0. The third kappa shape index (κ3) is 5.07. The quantitative estimate of drug-likeness (QED) is 0.493. The highest BCUT2D eigenvalue weighted by atomic mass is 32.1. The van der Waals surface area contributed by atoms with Crippen LogP contribution in [-0.2, 0) is 6.54 Å². The molecule has 2 rings (SSSR count). The molecule has 0 bridgehead atoms. The van der Waals surface area contributed by atoms with E-state index in [0.29, 0.717) is 0 Å². The minimum absolute atomic E-state index is 0.745. The molecule has 1 unspecified atom stereocenters. The molecule has 1 atom stereocenters. The van der Waals surface area contributed by atoms with Crippen LogP contribution in [0.3, 0.4) is 0 Å². The molecule has 0 saturated heterocycles. The lowest BCUT2D eigenvalue weighted by Gasteiger charge is -2.20. The van der Waals surface area contributed by atoms with E-state index in [4.69, 9.17) is 0 Å². The Balaban J connectivity index is 1.81. The number of guanidine groups is 1. The van der Waals surface area contributed by atoms with Crippen molar-refractivity contribution >= 4 is 17.3 Å². The smallest absolute Gasteiger partial charge is 0.191 e. The van der Waals surface area contributed by atoms with Gasteiger partial charge in [0, 0.05) is 13.1 Å². The summed E-state index contributed by atoms with van der Waals surface area (Å²) in [4.78, 5) is 4.62. The molecule has 1 aliphatic rings. The van der Waals surface area contributed by atoms with E-state index < -0.39 is 0 Å². The lowest BCUT2D eigenvalue weighted by Crippen LogP contribution is -2.39. The summed E-state index contributed by atoms with van der Waals surface area (Å²) in [7, 11) is 0. The van der Waals surface area contributed by atoms with Crippen molar-refractivity contribution in [3.05, 3.63) is 34.5 Å². The maximum absolute atomic E-state index is 4.62. The van der Waals surface area contributed by atoms with Gasteiger partial charge in [-0.25, -0.2) is 4.99 Å². The number of hydrogen-bond donors (Lipinski definition) is 2.